The van der Waals surface area contributed by atoms with E-state index in [4.69, 9.17) is 9.47 Å². The second kappa shape index (κ2) is 9.06. The van der Waals surface area contributed by atoms with Gasteiger partial charge in [-0.25, -0.2) is 0 Å². The molecule has 2 amide bonds. The summed E-state index contributed by atoms with van der Waals surface area (Å²) in [6.45, 7) is 1.42. The predicted molar refractivity (Wildman–Crippen MR) is 103 cm³/mol. The largest absolute Gasteiger partial charge is 0.493 e. The zero-order chi connectivity index (χ0) is 19.8. The molecular formula is C20H19N3O4. The monoisotopic (exact) mass is 365 g/mol. The predicted octanol–water partition coefficient (Wildman–Crippen LogP) is 3.21. The van der Waals surface area contributed by atoms with Gasteiger partial charge in [-0.2, -0.15) is 5.26 Å². The van der Waals surface area contributed by atoms with Gasteiger partial charge in [0.1, 0.15) is 11.6 Å². The van der Waals surface area contributed by atoms with Crippen LogP contribution in [0.3, 0.4) is 0 Å². The topological polar surface area (TPSA) is 100 Å². The second-order valence-corrected chi connectivity index (χ2v) is 5.50. The van der Waals surface area contributed by atoms with Crippen molar-refractivity contribution in [3.63, 3.8) is 0 Å². The average Bonchev–Trinajstić information content (AvgIpc) is 2.66. The number of hydrogen-bond donors (Lipinski definition) is 2. The summed E-state index contributed by atoms with van der Waals surface area (Å²) in [7, 11) is 3.01. The zero-order valence-electron chi connectivity index (χ0n) is 15.2. The number of carbonyl (C=O) groups is 2. The summed E-state index contributed by atoms with van der Waals surface area (Å²) in [4.78, 5) is 23.4. The Balaban J connectivity index is 2.17. The molecule has 138 valence electrons. The lowest BCUT2D eigenvalue weighted by atomic mass is 10.1. The van der Waals surface area contributed by atoms with Gasteiger partial charge in [-0.05, 0) is 35.9 Å². The smallest absolute Gasteiger partial charge is 0.266 e. The summed E-state index contributed by atoms with van der Waals surface area (Å²) in [5.74, 6) is 0.276. The Bertz CT molecular complexity index is 912. The van der Waals surface area contributed by atoms with Crippen molar-refractivity contribution in [3.8, 4) is 17.6 Å². The SMILES string of the molecule is COc1ccc(NC(=O)/C(C#N)=C/c2ccc(NC(C)=O)cc2)cc1OC. The van der Waals surface area contributed by atoms with Crippen LogP contribution in [-0.4, -0.2) is 26.0 Å². The highest BCUT2D eigenvalue weighted by atomic mass is 16.5. The van der Waals surface area contributed by atoms with Gasteiger partial charge in [-0.1, -0.05) is 12.1 Å². The van der Waals surface area contributed by atoms with Crippen LogP contribution in [0.25, 0.3) is 6.08 Å². The molecule has 2 rings (SSSR count). The van der Waals surface area contributed by atoms with Crippen LogP contribution in [0.5, 0.6) is 11.5 Å². The van der Waals surface area contributed by atoms with E-state index in [0.717, 1.165) is 0 Å². The number of nitrogens with zero attached hydrogens (tertiary/aromatic N) is 1. The molecule has 7 nitrogen and oxygen atoms in total. The van der Waals surface area contributed by atoms with Crippen molar-refractivity contribution in [2.24, 2.45) is 0 Å². The Morgan fingerprint density at radius 1 is 0.963 bits per heavy atom. The van der Waals surface area contributed by atoms with Gasteiger partial charge in [-0.15, -0.1) is 0 Å². The van der Waals surface area contributed by atoms with E-state index in [1.165, 1.54) is 27.2 Å². The molecule has 7 heteroatoms. The van der Waals surface area contributed by atoms with Gasteiger partial charge in [0.05, 0.1) is 14.2 Å². The van der Waals surface area contributed by atoms with Crippen LogP contribution in [0.1, 0.15) is 12.5 Å². The maximum Gasteiger partial charge on any atom is 0.266 e. The Hall–Kier alpha value is -3.79. The number of methoxy groups -OCH3 is 2. The lowest BCUT2D eigenvalue weighted by Gasteiger charge is -2.10. The van der Waals surface area contributed by atoms with Gasteiger partial charge in [0.15, 0.2) is 11.5 Å². The summed E-state index contributed by atoms with van der Waals surface area (Å²) in [5.41, 5.74) is 1.70. The molecular weight excluding hydrogens is 346 g/mol. The van der Waals surface area contributed by atoms with Crippen LogP contribution < -0.4 is 20.1 Å². The van der Waals surface area contributed by atoms with E-state index in [9.17, 15) is 14.9 Å². The lowest BCUT2D eigenvalue weighted by Crippen LogP contribution is -2.13. The first-order valence-corrected chi connectivity index (χ1v) is 7.99. The fraction of sp³-hybridized carbons (Fsp3) is 0.150. The summed E-state index contributed by atoms with van der Waals surface area (Å²) in [6.07, 6.45) is 1.47. The Morgan fingerprint density at radius 3 is 2.15 bits per heavy atom. The van der Waals surface area contributed by atoms with Crippen LogP contribution in [-0.2, 0) is 9.59 Å². The average molecular weight is 365 g/mol. The maximum absolute atomic E-state index is 12.4. The fourth-order valence-electron chi connectivity index (χ4n) is 2.29. The third-order valence-corrected chi connectivity index (χ3v) is 3.55. The van der Waals surface area contributed by atoms with Gasteiger partial charge in [0.25, 0.3) is 5.91 Å². The van der Waals surface area contributed by atoms with E-state index in [2.05, 4.69) is 10.6 Å². The van der Waals surface area contributed by atoms with Crippen LogP contribution >= 0.6 is 0 Å². The number of ether oxygens (including phenoxy) is 2. The van der Waals surface area contributed by atoms with E-state index >= 15 is 0 Å². The standard InChI is InChI=1S/C20H19N3O4/c1-13(24)22-16-6-4-14(5-7-16)10-15(12-21)20(25)23-17-8-9-18(26-2)19(11-17)27-3/h4-11H,1-3H3,(H,22,24)(H,23,25)/b15-10+. The Morgan fingerprint density at radius 2 is 1.59 bits per heavy atom. The van der Waals surface area contributed by atoms with Gasteiger partial charge < -0.3 is 20.1 Å². The fourth-order valence-corrected chi connectivity index (χ4v) is 2.29. The first-order chi connectivity index (χ1) is 13.0. The summed E-state index contributed by atoms with van der Waals surface area (Å²) in [5, 5.41) is 14.6. The first-order valence-electron chi connectivity index (χ1n) is 7.99. The van der Waals surface area contributed by atoms with Gasteiger partial charge in [0.2, 0.25) is 5.91 Å². The molecule has 0 heterocycles. The molecule has 0 radical (unpaired) electrons. The molecule has 0 atom stereocenters. The number of nitrogens with one attached hydrogen (secondary N) is 2. The van der Waals surface area contributed by atoms with E-state index in [1.807, 2.05) is 6.07 Å². The summed E-state index contributed by atoms with van der Waals surface area (Å²) >= 11 is 0. The van der Waals surface area contributed by atoms with E-state index in [-0.39, 0.29) is 11.5 Å². The van der Waals surface area contributed by atoms with Crippen molar-refractivity contribution in [2.45, 2.75) is 6.92 Å². The number of nitriles is 1. The first kappa shape index (κ1) is 19.5. The van der Waals surface area contributed by atoms with E-state index in [0.29, 0.717) is 28.4 Å². The minimum Gasteiger partial charge on any atom is -0.493 e. The molecule has 0 unspecified atom stereocenters. The van der Waals surface area contributed by atoms with Crippen molar-refractivity contribution in [3.05, 3.63) is 53.6 Å². The van der Waals surface area contributed by atoms with Crippen LogP contribution in [0.2, 0.25) is 0 Å². The second-order valence-electron chi connectivity index (χ2n) is 5.50. The Kier molecular flexibility index (Phi) is 6.55. The summed E-state index contributed by atoms with van der Waals surface area (Å²) in [6, 6.07) is 13.6. The number of amides is 2. The van der Waals surface area contributed by atoms with Crippen molar-refractivity contribution >= 4 is 29.3 Å². The highest BCUT2D eigenvalue weighted by Crippen LogP contribution is 2.29. The van der Waals surface area contributed by atoms with Crippen LogP contribution in [0.4, 0.5) is 11.4 Å². The van der Waals surface area contributed by atoms with Crippen molar-refractivity contribution in [2.75, 3.05) is 24.9 Å². The molecule has 0 saturated carbocycles. The third-order valence-electron chi connectivity index (χ3n) is 3.55. The molecule has 0 spiro atoms. The number of carbonyl (C=O) groups excluding carboxylic acids is 2. The number of anilines is 2. The van der Waals surface area contributed by atoms with E-state index < -0.39 is 5.91 Å². The van der Waals surface area contributed by atoms with Gasteiger partial charge >= 0.3 is 0 Å². The maximum atomic E-state index is 12.4. The number of rotatable bonds is 6. The zero-order valence-corrected chi connectivity index (χ0v) is 15.2. The molecule has 2 aromatic carbocycles. The number of hydrogen-bond acceptors (Lipinski definition) is 5. The minimum absolute atomic E-state index is 0.0583. The van der Waals surface area contributed by atoms with Crippen molar-refractivity contribution in [1.29, 1.82) is 5.26 Å². The molecule has 0 aromatic heterocycles. The molecule has 0 aliphatic carbocycles. The minimum atomic E-state index is -0.546. The van der Waals surface area contributed by atoms with Crippen molar-refractivity contribution in [1.82, 2.24) is 0 Å². The van der Waals surface area contributed by atoms with Gasteiger partial charge in [0, 0.05) is 24.4 Å². The molecule has 0 aliphatic heterocycles. The van der Waals surface area contributed by atoms with Crippen LogP contribution in [0.15, 0.2) is 48.0 Å². The molecule has 0 bridgehead atoms. The normalized spacial score (nSPS) is 10.5. The molecule has 2 N–H and O–H groups in total. The quantitative estimate of drug-likeness (QED) is 0.605. The molecule has 0 saturated heterocycles. The molecule has 27 heavy (non-hydrogen) atoms. The highest BCUT2D eigenvalue weighted by Gasteiger charge is 2.12. The molecule has 0 aliphatic rings. The summed E-state index contributed by atoms with van der Waals surface area (Å²) < 4.78 is 10.3. The number of benzene rings is 2. The Labute approximate surface area is 157 Å². The van der Waals surface area contributed by atoms with E-state index in [1.54, 1.807) is 42.5 Å². The van der Waals surface area contributed by atoms with Gasteiger partial charge in [-0.3, -0.25) is 9.59 Å². The lowest BCUT2D eigenvalue weighted by molar-refractivity contribution is -0.114. The molecule has 2 aromatic rings. The van der Waals surface area contributed by atoms with Crippen molar-refractivity contribution < 1.29 is 19.1 Å². The third kappa shape index (κ3) is 5.34. The highest BCUT2D eigenvalue weighted by molar-refractivity contribution is 6.09. The van der Waals surface area contributed by atoms with Crippen LogP contribution in [0, 0.1) is 11.3 Å². The molecule has 0 fully saturated rings.